The summed E-state index contributed by atoms with van der Waals surface area (Å²) < 4.78 is 7.17. The van der Waals surface area contributed by atoms with E-state index < -0.39 is 0 Å². The van der Waals surface area contributed by atoms with Crippen LogP contribution in [0, 0.1) is 13.8 Å². The van der Waals surface area contributed by atoms with Crippen molar-refractivity contribution in [1.82, 2.24) is 20.4 Å². The van der Waals surface area contributed by atoms with Crippen molar-refractivity contribution in [3.63, 3.8) is 0 Å². The summed E-state index contributed by atoms with van der Waals surface area (Å²) in [4.78, 5) is 4.33. The summed E-state index contributed by atoms with van der Waals surface area (Å²) in [7, 11) is 3.53. The molecule has 0 saturated carbocycles. The van der Waals surface area contributed by atoms with Gasteiger partial charge in [0.15, 0.2) is 5.96 Å². The monoisotopic (exact) mass is 347 g/mol. The second kappa shape index (κ2) is 10.2. The van der Waals surface area contributed by atoms with Crippen LogP contribution in [0.4, 0.5) is 0 Å². The molecular weight excluding hydrogens is 314 g/mol. The highest BCUT2D eigenvalue weighted by molar-refractivity contribution is 5.79. The third kappa shape index (κ3) is 5.88. The highest BCUT2D eigenvalue weighted by Crippen LogP contribution is 2.19. The van der Waals surface area contributed by atoms with Crippen molar-refractivity contribution in [2.75, 3.05) is 27.3 Å². The summed E-state index contributed by atoms with van der Waals surface area (Å²) >= 11 is 0. The molecule has 2 rings (SSSR count). The Hall–Kier alpha value is -1.82. The predicted octanol–water partition coefficient (Wildman–Crippen LogP) is 2.70. The number of hydrogen-bond acceptors (Lipinski definition) is 3. The predicted molar refractivity (Wildman–Crippen MR) is 103 cm³/mol. The van der Waals surface area contributed by atoms with Gasteiger partial charge in [-0.2, -0.15) is 5.10 Å². The largest absolute Gasteiger partial charge is 0.383 e. The van der Waals surface area contributed by atoms with Crippen molar-refractivity contribution < 1.29 is 4.74 Å². The highest BCUT2D eigenvalue weighted by Gasteiger charge is 2.12. The number of hydrogen-bond donors (Lipinski definition) is 2. The molecule has 6 nitrogen and oxygen atoms in total. The van der Waals surface area contributed by atoms with Crippen LogP contribution in [0.15, 0.2) is 16.6 Å². The van der Waals surface area contributed by atoms with Gasteiger partial charge >= 0.3 is 0 Å². The third-order valence-electron chi connectivity index (χ3n) is 4.82. The van der Waals surface area contributed by atoms with Gasteiger partial charge in [0.25, 0.3) is 0 Å². The summed E-state index contributed by atoms with van der Waals surface area (Å²) in [5.74, 6) is 0.847. The lowest BCUT2D eigenvalue weighted by atomic mass is 9.97. The second-order valence-electron chi connectivity index (χ2n) is 6.58. The summed E-state index contributed by atoms with van der Waals surface area (Å²) in [6.07, 6.45) is 8.69. The molecule has 0 unspecified atom stereocenters. The van der Waals surface area contributed by atoms with E-state index in [9.17, 15) is 0 Å². The first-order valence-corrected chi connectivity index (χ1v) is 9.30. The van der Waals surface area contributed by atoms with Gasteiger partial charge in [-0.1, -0.05) is 11.6 Å². The molecule has 1 aliphatic rings. The zero-order chi connectivity index (χ0) is 18.1. The number of allylic oxidation sites excluding steroid dienone is 1. The van der Waals surface area contributed by atoms with E-state index in [1.165, 1.54) is 36.9 Å². The van der Waals surface area contributed by atoms with Crippen LogP contribution < -0.4 is 10.6 Å². The molecule has 140 valence electrons. The van der Waals surface area contributed by atoms with Crippen LogP contribution in [0.25, 0.3) is 0 Å². The number of nitrogens with zero attached hydrogens (tertiary/aromatic N) is 3. The Bertz CT molecular complexity index is 603. The normalized spacial score (nSPS) is 15.2. The number of nitrogens with one attached hydrogen (secondary N) is 2. The zero-order valence-electron chi connectivity index (χ0n) is 16.2. The zero-order valence-corrected chi connectivity index (χ0v) is 16.2. The Balaban J connectivity index is 1.82. The third-order valence-corrected chi connectivity index (χ3v) is 4.82. The minimum atomic E-state index is 0.675. The lowest BCUT2D eigenvalue weighted by molar-refractivity contribution is 0.182. The molecule has 0 radical (unpaired) electrons. The molecule has 6 heteroatoms. The van der Waals surface area contributed by atoms with Crippen LogP contribution in [0.3, 0.4) is 0 Å². The lowest BCUT2D eigenvalue weighted by Gasteiger charge is -2.15. The molecule has 0 spiro atoms. The minimum Gasteiger partial charge on any atom is -0.383 e. The van der Waals surface area contributed by atoms with E-state index in [0.717, 1.165) is 37.7 Å². The lowest BCUT2D eigenvalue weighted by Crippen LogP contribution is -2.37. The van der Waals surface area contributed by atoms with Crippen molar-refractivity contribution in [3.05, 3.63) is 28.6 Å². The summed E-state index contributed by atoms with van der Waals surface area (Å²) in [5, 5.41) is 11.4. The Kier molecular flexibility index (Phi) is 7.98. The van der Waals surface area contributed by atoms with Gasteiger partial charge in [0, 0.05) is 38.5 Å². The Morgan fingerprint density at radius 3 is 2.84 bits per heavy atom. The molecule has 1 aromatic rings. The number of ether oxygens (including phenoxy) is 1. The molecule has 0 amide bonds. The molecule has 1 heterocycles. The molecule has 1 aromatic heterocycles. The summed E-state index contributed by atoms with van der Waals surface area (Å²) in [6, 6.07) is 0. The molecule has 0 atom stereocenters. The Morgan fingerprint density at radius 2 is 2.16 bits per heavy atom. The standard InChI is InChI=1S/C19H33N5O/c1-15-18(16(2)24(23-15)12-13-25-4)14-22-19(20-3)21-11-10-17-8-6-5-7-9-17/h8H,5-7,9-14H2,1-4H3,(H2,20,21,22). The van der Waals surface area contributed by atoms with Crippen molar-refractivity contribution in [1.29, 1.82) is 0 Å². The van der Waals surface area contributed by atoms with Crippen LogP contribution >= 0.6 is 0 Å². The molecule has 0 bridgehead atoms. The highest BCUT2D eigenvalue weighted by atomic mass is 16.5. The second-order valence-corrected chi connectivity index (χ2v) is 6.58. The molecular formula is C19H33N5O. The van der Waals surface area contributed by atoms with Gasteiger partial charge in [-0.15, -0.1) is 0 Å². The van der Waals surface area contributed by atoms with Crippen LogP contribution in [0.2, 0.25) is 0 Å². The number of methoxy groups -OCH3 is 1. The van der Waals surface area contributed by atoms with Crippen molar-refractivity contribution >= 4 is 5.96 Å². The summed E-state index contributed by atoms with van der Waals surface area (Å²) in [6.45, 7) is 7.28. The van der Waals surface area contributed by atoms with Gasteiger partial charge in [0.1, 0.15) is 0 Å². The SMILES string of the molecule is CN=C(NCCC1=CCCCC1)NCc1c(C)nn(CCOC)c1C. The Morgan fingerprint density at radius 1 is 1.32 bits per heavy atom. The van der Waals surface area contributed by atoms with E-state index in [0.29, 0.717) is 6.61 Å². The van der Waals surface area contributed by atoms with E-state index in [1.54, 1.807) is 12.7 Å². The quantitative estimate of drug-likeness (QED) is 0.431. The molecule has 2 N–H and O–H groups in total. The molecule has 1 aliphatic carbocycles. The fourth-order valence-corrected chi connectivity index (χ4v) is 3.25. The average molecular weight is 348 g/mol. The fourth-order valence-electron chi connectivity index (χ4n) is 3.25. The van der Waals surface area contributed by atoms with E-state index in [2.05, 4.69) is 40.6 Å². The van der Waals surface area contributed by atoms with E-state index in [-0.39, 0.29) is 0 Å². The van der Waals surface area contributed by atoms with Crippen molar-refractivity contribution in [2.24, 2.45) is 4.99 Å². The minimum absolute atomic E-state index is 0.675. The molecule has 25 heavy (non-hydrogen) atoms. The summed E-state index contributed by atoms with van der Waals surface area (Å²) in [5.41, 5.74) is 5.06. The number of rotatable bonds is 8. The van der Waals surface area contributed by atoms with E-state index in [1.807, 2.05) is 11.7 Å². The van der Waals surface area contributed by atoms with Crippen LogP contribution in [-0.4, -0.2) is 43.0 Å². The van der Waals surface area contributed by atoms with Gasteiger partial charge in [-0.05, 0) is 46.0 Å². The molecule has 0 aliphatic heterocycles. The van der Waals surface area contributed by atoms with E-state index >= 15 is 0 Å². The number of aryl methyl sites for hydroxylation is 1. The topological polar surface area (TPSA) is 63.5 Å². The van der Waals surface area contributed by atoms with Gasteiger partial charge in [0.05, 0.1) is 18.8 Å². The van der Waals surface area contributed by atoms with E-state index in [4.69, 9.17) is 4.74 Å². The maximum atomic E-state index is 5.15. The first kappa shape index (κ1) is 19.5. The Labute approximate surface area is 151 Å². The molecule has 0 saturated heterocycles. The first-order chi connectivity index (χ1) is 12.2. The fraction of sp³-hybridized carbons (Fsp3) is 0.684. The van der Waals surface area contributed by atoms with Gasteiger partial charge in [-0.25, -0.2) is 0 Å². The van der Waals surface area contributed by atoms with Gasteiger partial charge in [0.2, 0.25) is 0 Å². The smallest absolute Gasteiger partial charge is 0.191 e. The average Bonchev–Trinajstić information content (AvgIpc) is 2.90. The number of aliphatic imine (C=N–C) groups is 1. The van der Waals surface area contributed by atoms with Gasteiger partial charge in [-0.3, -0.25) is 9.67 Å². The maximum absolute atomic E-state index is 5.15. The van der Waals surface area contributed by atoms with Crippen molar-refractivity contribution in [3.8, 4) is 0 Å². The van der Waals surface area contributed by atoms with Gasteiger partial charge < -0.3 is 15.4 Å². The van der Waals surface area contributed by atoms with Crippen LogP contribution in [-0.2, 0) is 17.8 Å². The number of guanidine groups is 1. The number of aromatic nitrogens is 2. The first-order valence-electron chi connectivity index (χ1n) is 9.30. The maximum Gasteiger partial charge on any atom is 0.191 e. The van der Waals surface area contributed by atoms with Crippen molar-refractivity contribution in [2.45, 2.75) is 59.0 Å². The van der Waals surface area contributed by atoms with Crippen LogP contribution in [0.5, 0.6) is 0 Å². The van der Waals surface area contributed by atoms with Crippen LogP contribution in [0.1, 0.15) is 49.1 Å². The molecule has 0 fully saturated rings. The molecule has 0 aromatic carbocycles.